The van der Waals surface area contributed by atoms with E-state index in [1.807, 2.05) is 0 Å². The third-order valence-electron chi connectivity index (χ3n) is 15.3. The van der Waals surface area contributed by atoms with Crippen molar-refractivity contribution in [2.24, 2.45) is 0 Å². The number of hydrogen-bond acceptors (Lipinski definition) is 1. The minimum atomic E-state index is -0.255. The van der Waals surface area contributed by atoms with E-state index in [0.29, 0.717) is 0 Å². The molecule has 1 heteroatoms. The first-order chi connectivity index (χ1) is 33.3. The second-order valence-corrected chi connectivity index (χ2v) is 19.4. The van der Waals surface area contributed by atoms with E-state index in [1.54, 1.807) is 0 Å². The van der Waals surface area contributed by atoms with Crippen molar-refractivity contribution in [2.75, 3.05) is 4.90 Å². The molecule has 0 fully saturated rings. The number of anilines is 3. The van der Waals surface area contributed by atoms with Gasteiger partial charge in [0, 0.05) is 27.9 Å². The van der Waals surface area contributed by atoms with Gasteiger partial charge in [0.25, 0.3) is 0 Å². The fraction of sp³-hybridized carbons (Fsp3) is 0.0746. The maximum absolute atomic E-state index is 2.44. The molecule has 0 aliphatic heterocycles. The third kappa shape index (κ3) is 6.16. The van der Waals surface area contributed by atoms with Gasteiger partial charge in [0.05, 0.1) is 0 Å². The van der Waals surface area contributed by atoms with Crippen LogP contribution in [0.15, 0.2) is 243 Å². The molecule has 0 heterocycles. The first-order valence-corrected chi connectivity index (χ1v) is 23.9. The van der Waals surface area contributed by atoms with Gasteiger partial charge in [-0.3, -0.25) is 0 Å². The Morgan fingerprint density at radius 3 is 1.60 bits per heavy atom. The molecule has 2 aliphatic carbocycles. The quantitative estimate of drug-likeness (QED) is 0.144. The van der Waals surface area contributed by atoms with Gasteiger partial charge in [-0.2, -0.15) is 0 Å². The number of nitrogens with zero attached hydrogens (tertiary/aromatic N) is 1. The van der Waals surface area contributed by atoms with Crippen molar-refractivity contribution in [3.63, 3.8) is 0 Å². The highest BCUT2D eigenvalue weighted by Crippen LogP contribution is 2.54. The molecule has 11 aromatic rings. The van der Waals surface area contributed by atoms with Crippen molar-refractivity contribution in [1.82, 2.24) is 0 Å². The number of hydrogen-bond donors (Lipinski definition) is 0. The van der Waals surface area contributed by atoms with Crippen molar-refractivity contribution < 1.29 is 0 Å². The van der Waals surface area contributed by atoms with E-state index < -0.39 is 0 Å². The molecule has 0 saturated carbocycles. The second-order valence-electron chi connectivity index (χ2n) is 19.4. The van der Waals surface area contributed by atoms with Crippen LogP contribution in [-0.2, 0) is 10.8 Å². The van der Waals surface area contributed by atoms with E-state index in [1.165, 1.54) is 105 Å². The molecular weight excluding hydrogens is 819 g/mol. The number of rotatable bonds is 7. The highest BCUT2D eigenvalue weighted by molar-refractivity contribution is 6.08. The van der Waals surface area contributed by atoms with Crippen molar-refractivity contribution in [3.05, 3.63) is 270 Å². The SMILES string of the molecule is CC1(C)c2ccccc2-c2cccc(-c3cccc(N(c4ccc(-c5ccc6c(c5)C(C)(c5ccccc5)c5ccccc5-6)cc4)c4ccc(-c5ccc6c(ccc7ccccc76)c5)cc4)c3)c21. The van der Waals surface area contributed by atoms with Gasteiger partial charge < -0.3 is 4.90 Å². The summed E-state index contributed by atoms with van der Waals surface area (Å²) in [6.45, 7) is 7.14. The van der Waals surface area contributed by atoms with E-state index in [4.69, 9.17) is 0 Å². The highest BCUT2D eigenvalue weighted by Gasteiger charge is 2.41. The largest absolute Gasteiger partial charge is 0.310 e. The predicted molar refractivity (Wildman–Crippen MR) is 287 cm³/mol. The normalized spacial score (nSPS) is 15.2. The molecule has 2 aliphatic rings. The van der Waals surface area contributed by atoms with Crippen LogP contribution in [0.1, 0.15) is 48.6 Å². The lowest BCUT2D eigenvalue weighted by Crippen LogP contribution is -2.22. The molecule has 322 valence electrons. The molecule has 1 unspecified atom stereocenters. The molecule has 0 amide bonds. The Bertz CT molecular complexity index is 3770. The minimum absolute atomic E-state index is 0.126. The van der Waals surface area contributed by atoms with Crippen molar-refractivity contribution >= 4 is 38.6 Å². The second kappa shape index (κ2) is 15.4. The molecule has 68 heavy (non-hydrogen) atoms. The maximum Gasteiger partial charge on any atom is 0.0467 e. The third-order valence-corrected chi connectivity index (χ3v) is 15.3. The summed E-state index contributed by atoms with van der Waals surface area (Å²) in [5.74, 6) is 0. The van der Waals surface area contributed by atoms with Crippen molar-refractivity contribution in [1.29, 1.82) is 0 Å². The van der Waals surface area contributed by atoms with Gasteiger partial charge in [-0.25, -0.2) is 0 Å². The van der Waals surface area contributed by atoms with Crippen LogP contribution in [0, 0.1) is 0 Å². The lowest BCUT2D eigenvalue weighted by molar-refractivity contribution is 0.662. The average molecular weight is 868 g/mol. The van der Waals surface area contributed by atoms with Crippen LogP contribution in [0.25, 0.3) is 77.2 Å². The van der Waals surface area contributed by atoms with Crippen molar-refractivity contribution in [2.45, 2.75) is 31.6 Å². The van der Waals surface area contributed by atoms with Crippen LogP contribution in [0.4, 0.5) is 17.1 Å². The van der Waals surface area contributed by atoms with E-state index in [2.05, 4.69) is 268 Å². The molecule has 13 rings (SSSR count). The fourth-order valence-corrected chi connectivity index (χ4v) is 11.9. The van der Waals surface area contributed by atoms with Gasteiger partial charge in [0.2, 0.25) is 0 Å². The van der Waals surface area contributed by atoms with Gasteiger partial charge in [-0.15, -0.1) is 0 Å². The van der Waals surface area contributed by atoms with Gasteiger partial charge in [-0.05, 0) is 160 Å². The van der Waals surface area contributed by atoms with Gasteiger partial charge >= 0.3 is 0 Å². The zero-order valence-corrected chi connectivity index (χ0v) is 38.5. The summed E-state index contributed by atoms with van der Waals surface area (Å²) >= 11 is 0. The van der Waals surface area contributed by atoms with E-state index in [9.17, 15) is 0 Å². The fourth-order valence-electron chi connectivity index (χ4n) is 11.9. The molecule has 0 saturated heterocycles. The molecule has 11 aromatic carbocycles. The Morgan fingerprint density at radius 1 is 0.294 bits per heavy atom. The standard InChI is InChI=1S/C67H49N/c1-66(2)62-25-11-9-22-59(62)61-24-14-23-57(65(61)66)49-16-13-19-54(42-49)68(52-35-29-44(30-36-52)47-33-39-56-50(41-47)28-27-46-15-7-8-20-55(46)56)53-37-31-45(32-38-53)48-34-40-60-58-21-10-12-26-63(58)67(3,64(60)43-48)51-17-5-4-6-18-51/h4-43H,1-3H3. The predicted octanol–water partition coefficient (Wildman–Crippen LogP) is 18.1. The topological polar surface area (TPSA) is 3.24 Å². The summed E-state index contributed by atoms with van der Waals surface area (Å²) in [7, 11) is 0. The zero-order chi connectivity index (χ0) is 45.6. The first-order valence-electron chi connectivity index (χ1n) is 23.9. The Hall–Kier alpha value is -8.26. The first kappa shape index (κ1) is 40.1. The smallest absolute Gasteiger partial charge is 0.0467 e. The van der Waals surface area contributed by atoms with Crippen LogP contribution in [0.5, 0.6) is 0 Å². The lowest BCUT2D eigenvalue weighted by Gasteiger charge is -2.29. The highest BCUT2D eigenvalue weighted by atomic mass is 15.1. The Kier molecular flexibility index (Phi) is 9.07. The van der Waals surface area contributed by atoms with Crippen LogP contribution in [0.2, 0.25) is 0 Å². The maximum atomic E-state index is 2.44. The summed E-state index contributed by atoms with van der Waals surface area (Å²) < 4.78 is 0. The summed E-state index contributed by atoms with van der Waals surface area (Å²) in [4.78, 5) is 2.42. The summed E-state index contributed by atoms with van der Waals surface area (Å²) in [6, 6.07) is 90.2. The van der Waals surface area contributed by atoms with Gasteiger partial charge in [0.15, 0.2) is 0 Å². The summed E-state index contributed by atoms with van der Waals surface area (Å²) in [6.07, 6.45) is 0. The Morgan fingerprint density at radius 2 is 0.838 bits per heavy atom. The van der Waals surface area contributed by atoms with Crippen molar-refractivity contribution in [3.8, 4) is 55.6 Å². The van der Waals surface area contributed by atoms with Gasteiger partial charge in [-0.1, -0.05) is 208 Å². The molecule has 0 N–H and O–H groups in total. The molecule has 1 atom stereocenters. The van der Waals surface area contributed by atoms with E-state index in [-0.39, 0.29) is 10.8 Å². The van der Waals surface area contributed by atoms with Crippen LogP contribution in [-0.4, -0.2) is 0 Å². The Labute approximate surface area is 399 Å². The van der Waals surface area contributed by atoms with Gasteiger partial charge in [0.1, 0.15) is 0 Å². The minimum Gasteiger partial charge on any atom is -0.310 e. The Balaban J connectivity index is 0.907. The molecule has 1 nitrogen and oxygen atoms in total. The molecular formula is C67H49N. The summed E-state index contributed by atoms with van der Waals surface area (Å²) in [5, 5.41) is 5.09. The zero-order valence-electron chi connectivity index (χ0n) is 38.5. The summed E-state index contributed by atoms with van der Waals surface area (Å²) in [5.41, 5.74) is 22.3. The molecule has 0 radical (unpaired) electrons. The molecule has 0 bridgehead atoms. The van der Waals surface area contributed by atoms with E-state index in [0.717, 1.165) is 17.1 Å². The monoisotopic (exact) mass is 867 g/mol. The lowest BCUT2D eigenvalue weighted by atomic mass is 9.74. The number of fused-ring (bicyclic) bond motifs is 9. The average Bonchev–Trinajstić information content (AvgIpc) is 3.80. The molecule has 0 aromatic heterocycles. The molecule has 0 spiro atoms. The number of benzene rings is 11. The van der Waals surface area contributed by atoms with Crippen LogP contribution >= 0.6 is 0 Å². The van der Waals surface area contributed by atoms with Crippen LogP contribution in [0.3, 0.4) is 0 Å². The van der Waals surface area contributed by atoms with E-state index >= 15 is 0 Å². The van der Waals surface area contributed by atoms with Crippen LogP contribution < -0.4 is 4.90 Å².